The van der Waals surface area contributed by atoms with Crippen molar-refractivity contribution in [2.75, 3.05) is 20.1 Å². The first-order chi connectivity index (χ1) is 13.4. The number of ether oxygens (including phenoxy) is 1. The molecule has 1 aliphatic heterocycles. The molecule has 0 radical (unpaired) electrons. The highest BCUT2D eigenvalue weighted by Gasteiger charge is 2.57. The Bertz CT molecular complexity index is 912. The molecule has 0 spiro atoms. The molecule has 1 heterocycles. The fourth-order valence-electron chi connectivity index (χ4n) is 4.35. The number of benzene rings is 1. The lowest BCUT2D eigenvalue weighted by Gasteiger charge is -2.47. The van der Waals surface area contributed by atoms with E-state index in [-0.39, 0.29) is 17.7 Å². The van der Waals surface area contributed by atoms with Gasteiger partial charge in [0.15, 0.2) is 5.41 Å². The molecule has 1 aromatic carbocycles. The number of hydrogen-bond acceptors (Lipinski definition) is 6. The number of nitrogens with zero attached hydrogens (tertiary/aromatic N) is 4. The summed E-state index contributed by atoms with van der Waals surface area (Å²) >= 11 is 0. The van der Waals surface area contributed by atoms with Crippen LogP contribution in [0.1, 0.15) is 25.3 Å². The Labute approximate surface area is 165 Å². The first-order valence-electron chi connectivity index (χ1n) is 9.34. The molecule has 0 bridgehead atoms. The Morgan fingerprint density at radius 2 is 1.82 bits per heavy atom. The second-order valence-electron chi connectivity index (χ2n) is 7.75. The highest BCUT2D eigenvalue weighted by Crippen LogP contribution is 2.53. The van der Waals surface area contributed by atoms with Gasteiger partial charge in [-0.25, -0.2) is 0 Å². The normalized spacial score (nSPS) is 26.4. The zero-order valence-corrected chi connectivity index (χ0v) is 16.3. The van der Waals surface area contributed by atoms with Crippen molar-refractivity contribution >= 4 is 5.71 Å². The minimum Gasteiger partial charge on any atom is -0.491 e. The largest absolute Gasteiger partial charge is 0.491 e. The molecule has 1 saturated carbocycles. The summed E-state index contributed by atoms with van der Waals surface area (Å²) in [5, 5.41) is 38.3. The molecule has 6 nitrogen and oxygen atoms in total. The molecule has 0 amide bonds. The fourth-order valence-corrected chi connectivity index (χ4v) is 4.35. The van der Waals surface area contributed by atoms with E-state index in [0.29, 0.717) is 13.1 Å². The molecule has 6 heteroatoms. The van der Waals surface area contributed by atoms with Crippen LogP contribution in [0.25, 0.3) is 0 Å². The van der Waals surface area contributed by atoms with Crippen LogP contribution < -0.4 is 4.74 Å². The van der Waals surface area contributed by atoms with Crippen LogP contribution in [0.2, 0.25) is 0 Å². The Kier molecular flexibility index (Phi) is 5.23. The van der Waals surface area contributed by atoms with Crippen LogP contribution in [0.5, 0.6) is 5.75 Å². The second kappa shape index (κ2) is 7.47. The first kappa shape index (κ1) is 19.6. The van der Waals surface area contributed by atoms with Gasteiger partial charge in [-0.3, -0.25) is 0 Å². The highest BCUT2D eigenvalue weighted by molar-refractivity contribution is 6.00. The van der Waals surface area contributed by atoms with Gasteiger partial charge in [0.25, 0.3) is 0 Å². The lowest BCUT2D eigenvalue weighted by atomic mass is 9.54. The molecular weight excluding hydrogens is 350 g/mol. The van der Waals surface area contributed by atoms with Crippen LogP contribution in [-0.2, 0) is 0 Å². The molecule has 1 aromatic rings. The standard InChI is InChI=1S/C22H23N5O/c1-14(2)28-16-6-4-15(5-7-16)20-19-11-27(3)9-8-17(19)18(10-23)21(26)22(20,12-24)13-25/h4-8,14,18-20,26H,9,11H2,1-3H3/t18?,19-,20+/m0/s1. The molecule has 1 unspecified atom stereocenters. The van der Waals surface area contributed by atoms with Crippen LogP contribution in [0, 0.1) is 56.7 Å². The Balaban J connectivity index is 2.15. The lowest BCUT2D eigenvalue weighted by Crippen LogP contribution is -2.52. The van der Waals surface area contributed by atoms with Crippen molar-refractivity contribution in [3.05, 3.63) is 41.5 Å². The Morgan fingerprint density at radius 3 is 2.36 bits per heavy atom. The fraction of sp³-hybridized carbons (Fsp3) is 0.455. The van der Waals surface area contributed by atoms with Gasteiger partial charge in [0.2, 0.25) is 0 Å². The van der Waals surface area contributed by atoms with Crippen LogP contribution in [0.3, 0.4) is 0 Å². The van der Waals surface area contributed by atoms with Gasteiger partial charge >= 0.3 is 0 Å². The predicted octanol–water partition coefficient (Wildman–Crippen LogP) is 3.25. The molecule has 0 aromatic heterocycles. The molecule has 2 aliphatic rings. The maximum absolute atomic E-state index is 10.0. The van der Waals surface area contributed by atoms with E-state index in [0.717, 1.165) is 16.9 Å². The van der Waals surface area contributed by atoms with E-state index in [4.69, 9.17) is 10.1 Å². The molecule has 1 N–H and O–H groups in total. The van der Waals surface area contributed by atoms with E-state index in [9.17, 15) is 15.8 Å². The van der Waals surface area contributed by atoms with Gasteiger partial charge in [0.1, 0.15) is 11.7 Å². The molecule has 0 saturated heterocycles. The van der Waals surface area contributed by atoms with Crippen molar-refractivity contribution in [1.82, 2.24) is 4.90 Å². The summed E-state index contributed by atoms with van der Waals surface area (Å²) in [5.74, 6) is -0.788. The van der Waals surface area contributed by atoms with Crippen molar-refractivity contribution in [2.24, 2.45) is 17.3 Å². The molecule has 3 atom stereocenters. The second-order valence-corrected chi connectivity index (χ2v) is 7.75. The monoisotopic (exact) mass is 373 g/mol. The third-order valence-corrected chi connectivity index (χ3v) is 5.58. The van der Waals surface area contributed by atoms with E-state index in [1.54, 1.807) is 0 Å². The SMILES string of the molecule is CC(C)Oc1ccc([C@@H]2[C@H]3CN(C)CC=C3C(C#N)C(=N)C2(C#N)C#N)cc1. The van der Waals surface area contributed by atoms with Crippen molar-refractivity contribution in [3.63, 3.8) is 0 Å². The average molecular weight is 373 g/mol. The number of hydrogen-bond donors (Lipinski definition) is 1. The molecule has 142 valence electrons. The van der Waals surface area contributed by atoms with Gasteiger partial charge in [0, 0.05) is 24.9 Å². The summed E-state index contributed by atoms with van der Waals surface area (Å²) in [6.07, 6.45) is 2.03. The van der Waals surface area contributed by atoms with E-state index in [1.807, 2.05) is 51.2 Å². The zero-order chi connectivity index (χ0) is 20.5. The molecular formula is C22H23N5O. The highest BCUT2D eigenvalue weighted by atomic mass is 16.5. The maximum atomic E-state index is 10.0. The van der Waals surface area contributed by atoms with Gasteiger partial charge in [-0.2, -0.15) is 15.8 Å². The van der Waals surface area contributed by atoms with Gasteiger partial charge in [-0.1, -0.05) is 18.2 Å². The van der Waals surface area contributed by atoms with E-state index >= 15 is 0 Å². The van der Waals surface area contributed by atoms with Crippen LogP contribution in [0.4, 0.5) is 0 Å². The third-order valence-electron chi connectivity index (χ3n) is 5.58. The average Bonchev–Trinajstić information content (AvgIpc) is 2.68. The predicted molar refractivity (Wildman–Crippen MR) is 105 cm³/mol. The summed E-state index contributed by atoms with van der Waals surface area (Å²) in [6, 6.07) is 13.8. The third kappa shape index (κ3) is 3.05. The maximum Gasteiger partial charge on any atom is 0.189 e. The Morgan fingerprint density at radius 1 is 1.18 bits per heavy atom. The summed E-state index contributed by atoms with van der Waals surface area (Å²) in [6.45, 7) is 5.22. The summed E-state index contributed by atoms with van der Waals surface area (Å²) in [7, 11) is 1.98. The molecule has 3 rings (SSSR count). The van der Waals surface area contributed by atoms with Crippen molar-refractivity contribution < 1.29 is 4.74 Å². The topological polar surface area (TPSA) is 108 Å². The molecule has 28 heavy (non-hydrogen) atoms. The summed E-state index contributed by atoms with van der Waals surface area (Å²) < 4.78 is 5.71. The number of nitriles is 3. The van der Waals surface area contributed by atoms with Crippen molar-refractivity contribution in [2.45, 2.75) is 25.9 Å². The van der Waals surface area contributed by atoms with Crippen LogP contribution in [-0.4, -0.2) is 36.9 Å². The number of likely N-dealkylation sites (N-methyl/N-ethyl adjacent to an activating group) is 1. The lowest BCUT2D eigenvalue weighted by molar-refractivity contribution is 0.233. The van der Waals surface area contributed by atoms with Crippen molar-refractivity contribution in [3.8, 4) is 24.0 Å². The van der Waals surface area contributed by atoms with Gasteiger partial charge in [-0.05, 0) is 44.2 Å². The molecule has 1 fully saturated rings. The van der Waals surface area contributed by atoms with Crippen LogP contribution >= 0.6 is 0 Å². The van der Waals surface area contributed by atoms with Crippen LogP contribution in [0.15, 0.2) is 35.9 Å². The zero-order valence-electron chi connectivity index (χ0n) is 16.3. The van der Waals surface area contributed by atoms with Gasteiger partial charge in [0.05, 0.1) is 30.0 Å². The first-order valence-corrected chi connectivity index (χ1v) is 9.34. The minimum atomic E-state index is -1.67. The number of fused-ring (bicyclic) bond motifs is 1. The van der Waals surface area contributed by atoms with E-state index < -0.39 is 17.3 Å². The van der Waals surface area contributed by atoms with E-state index in [1.165, 1.54) is 0 Å². The summed E-state index contributed by atoms with van der Waals surface area (Å²) in [4.78, 5) is 2.11. The minimum absolute atomic E-state index is 0.0453. The number of nitrogens with one attached hydrogen (secondary N) is 1. The Hall–Kier alpha value is -3.14. The van der Waals surface area contributed by atoms with Crippen molar-refractivity contribution in [1.29, 1.82) is 21.2 Å². The smallest absolute Gasteiger partial charge is 0.189 e. The molecule has 1 aliphatic carbocycles. The van der Waals surface area contributed by atoms with Gasteiger partial charge < -0.3 is 15.0 Å². The summed E-state index contributed by atoms with van der Waals surface area (Å²) in [5.41, 5.74) is -0.105. The quantitative estimate of drug-likeness (QED) is 0.818. The van der Waals surface area contributed by atoms with E-state index in [2.05, 4.69) is 23.1 Å². The number of rotatable bonds is 3. The van der Waals surface area contributed by atoms with Gasteiger partial charge in [-0.15, -0.1) is 0 Å².